The van der Waals surface area contributed by atoms with Crippen LogP contribution in [-0.2, 0) is 6.54 Å². The number of halogens is 2. The van der Waals surface area contributed by atoms with Crippen LogP contribution < -0.4 is 5.32 Å². The summed E-state index contributed by atoms with van der Waals surface area (Å²) in [5.74, 6) is 2.20. The molecule has 0 radical (unpaired) electrons. The summed E-state index contributed by atoms with van der Waals surface area (Å²) >= 11 is 5.69. The van der Waals surface area contributed by atoms with Gasteiger partial charge in [-0.25, -0.2) is 4.39 Å². The van der Waals surface area contributed by atoms with Crippen LogP contribution in [-0.4, -0.2) is 6.04 Å². The lowest BCUT2D eigenvalue weighted by Crippen LogP contribution is -2.23. The van der Waals surface area contributed by atoms with Crippen LogP contribution in [0.25, 0.3) is 0 Å². The predicted molar refractivity (Wildman–Crippen MR) is 56.5 cm³/mol. The standard InChI is InChI=1S/C11H11ClFN/c1-3-8(2)14-7-9-4-10(12)6-11(13)5-9/h1,4-6,8,14H,7H2,2H3. The highest BCUT2D eigenvalue weighted by molar-refractivity contribution is 6.30. The molecular weight excluding hydrogens is 201 g/mol. The van der Waals surface area contributed by atoms with Crippen molar-refractivity contribution in [3.8, 4) is 12.3 Å². The Labute approximate surface area is 88.3 Å². The van der Waals surface area contributed by atoms with Crippen LogP contribution >= 0.6 is 11.6 Å². The van der Waals surface area contributed by atoms with E-state index >= 15 is 0 Å². The third-order valence-corrected chi connectivity index (χ3v) is 2.00. The van der Waals surface area contributed by atoms with Crippen molar-refractivity contribution in [1.82, 2.24) is 5.32 Å². The summed E-state index contributed by atoms with van der Waals surface area (Å²) in [7, 11) is 0. The molecule has 0 aromatic heterocycles. The Morgan fingerprint density at radius 1 is 1.57 bits per heavy atom. The van der Waals surface area contributed by atoms with E-state index in [2.05, 4.69) is 11.2 Å². The SMILES string of the molecule is C#CC(C)NCc1cc(F)cc(Cl)c1. The van der Waals surface area contributed by atoms with Crippen LogP contribution in [0.3, 0.4) is 0 Å². The molecule has 1 nitrogen and oxygen atoms in total. The van der Waals surface area contributed by atoms with Crippen molar-refractivity contribution in [3.05, 3.63) is 34.6 Å². The van der Waals surface area contributed by atoms with Crippen LogP contribution in [0.2, 0.25) is 5.02 Å². The molecule has 1 aromatic carbocycles. The summed E-state index contributed by atoms with van der Waals surface area (Å²) in [6.45, 7) is 2.38. The smallest absolute Gasteiger partial charge is 0.125 e. The molecule has 0 aliphatic rings. The van der Waals surface area contributed by atoms with Crippen LogP contribution in [0, 0.1) is 18.2 Å². The van der Waals surface area contributed by atoms with Crippen molar-refractivity contribution in [1.29, 1.82) is 0 Å². The van der Waals surface area contributed by atoms with Crippen LogP contribution in [0.15, 0.2) is 18.2 Å². The number of benzene rings is 1. The van der Waals surface area contributed by atoms with Crippen molar-refractivity contribution < 1.29 is 4.39 Å². The maximum Gasteiger partial charge on any atom is 0.125 e. The number of nitrogens with one attached hydrogen (secondary N) is 1. The van der Waals surface area contributed by atoms with Gasteiger partial charge in [0.15, 0.2) is 0 Å². The minimum absolute atomic E-state index is 0.0305. The predicted octanol–water partition coefficient (Wildman–Crippen LogP) is 2.59. The fraction of sp³-hybridized carbons (Fsp3) is 0.273. The van der Waals surface area contributed by atoms with Gasteiger partial charge in [-0.3, -0.25) is 5.32 Å². The maximum absolute atomic E-state index is 12.9. The molecule has 1 rings (SSSR count). The van der Waals surface area contributed by atoms with Crippen LogP contribution in [0.4, 0.5) is 4.39 Å². The lowest BCUT2D eigenvalue weighted by Gasteiger charge is -2.07. The first-order valence-corrected chi connectivity index (χ1v) is 4.64. The first kappa shape index (κ1) is 11.0. The summed E-state index contributed by atoms with van der Waals surface area (Å²) in [6, 6.07) is 4.38. The zero-order chi connectivity index (χ0) is 10.6. The molecule has 0 aliphatic carbocycles. The Balaban J connectivity index is 2.64. The van der Waals surface area contributed by atoms with Gasteiger partial charge in [0.25, 0.3) is 0 Å². The number of terminal acetylenes is 1. The Morgan fingerprint density at radius 3 is 2.86 bits per heavy atom. The van der Waals surface area contributed by atoms with E-state index in [-0.39, 0.29) is 11.9 Å². The van der Waals surface area contributed by atoms with Crippen molar-refractivity contribution in [2.75, 3.05) is 0 Å². The lowest BCUT2D eigenvalue weighted by molar-refractivity contribution is 0.614. The molecule has 0 spiro atoms. The van der Waals surface area contributed by atoms with Crippen LogP contribution in [0.1, 0.15) is 12.5 Å². The second-order valence-electron chi connectivity index (χ2n) is 3.05. The molecule has 0 saturated heterocycles. The van der Waals surface area contributed by atoms with Crippen molar-refractivity contribution in [2.24, 2.45) is 0 Å². The Morgan fingerprint density at radius 2 is 2.29 bits per heavy atom. The summed E-state index contributed by atoms with van der Waals surface area (Å²) in [5.41, 5.74) is 0.789. The number of hydrogen-bond donors (Lipinski definition) is 1. The zero-order valence-corrected chi connectivity index (χ0v) is 8.61. The Hall–Kier alpha value is -1.04. The van der Waals surface area contributed by atoms with E-state index < -0.39 is 0 Å². The number of rotatable bonds is 3. The van der Waals surface area contributed by atoms with Gasteiger partial charge >= 0.3 is 0 Å². The van der Waals surface area contributed by atoms with Gasteiger partial charge in [0, 0.05) is 11.6 Å². The van der Waals surface area contributed by atoms with Gasteiger partial charge in [-0.1, -0.05) is 17.5 Å². The molecule has 1 N–H and O–H groups in total. The quantitative estimate of drug-likeness (QED) is 0.758. The lowest BCUT2D eigenvalue weighted by atomic mass is 10.2. The third-order valence-electron chi connectivity index (χ3n) is 1.78. The molecule has 1 aromatic rings. The highest BCUT2D eigenvalue weighted by Gasteiger charge is 2.00. The number of hydrogen-bond acceptors (Lipinski definition) is 1. The molecule has 0 bridgehead atoms. The van der Waals surface area contributed by atoms with Crippen molar-refractivity contribution >= 4 is 11.6 Å². The average molecular weight is 212 g/mol. The van der Waals surface area contributed by atoms with Gasteiger partial charge in [-0.2, -0.15) is 0 Å². The minimum Gasteiger partial charge on any atom is -0.300 e. The summed E-state index contributed by atoms with van der Waals surface area (Å²) in [6.07, 6.45) is 5.18. The molecule has 0 amide bonds. The van der Waals surface area contributed by atoms with Gasteiger partial charge in [0.1, 0.15) is 5.82 Å². The molecule has 0 heterocycles. The zero-order valence-electron chi connectivity index (χ0n) is 7.85. The van der Waals surface area contributed by atoms with E-state index in [9.17, 15) is 4.39 Å². The molecule has 1 unspecified atom stereocenters. The highest BCUT2D eigenvalue weighted by atomic mass is 35.5. The van der Waals surface area contributed by atoms with Crippen molar-refractivity contribution in [3.63, 3.8) is 0 Å². The average Bonchev–Trinajstić information content (AvgIpc) is 2.12. The first-order chi connectivity index (χ1) is 6.61. The van der Waals surface area contributed by atoms with E-state index in [1.165, 1.54) is 12.1 Å². The molecule has 0 aliphatic heterocycles. The van der Waals surface area contributed by atoms with Gasteiger partial charge in [0.2, 0.25) is 0 Å². The third kappa shape index (κ3) is 3.37. The van der Waals surface area contributed by atoms with E-state index in [1.807, 2.05) is 6.92 Å². The molecule has 1 atom stereocenters. The maximum atomic E-state index is 12.9. The highest BCUT2D eigenvalue weighted by Crippen LogP contribution is 2.13. The second-order valence-corrected chi connectivity index (χ2v) is 3.48. The molecule has 0 fully saturated rings. The second kappa shape index (κ2) is 4.99. The van der Waals surface area contributed by atoms with Gasteiger partial charge < -0.3 is 0 Å². The minimum atomic E-state index is -0.331. The largest absolute Gasteiger partial charge is 0.300 e. The monoisotopic (exact) mass is 211 g/mol. The topological polar surface area (TPSA) is 12.0 Å². The van der Waals surface area contributed by atoms with Crippen molar-refractivity contribution in [2.45, 2.75) is 19.5 Å². The molecule has 0 saturated carbocycles. The molecule has 3 heteroatoms. The Bertz CT molecular complexity index is 337. The summed E-state index contributed by atoms with van der Waals surface area (Å²) in [5, 5.41) is 3.44. The van der Waals surface area contributed by atoms with Crippen LogP contribution in [0.5, 0.6) is 0 Å². The first-order valence-electron chi connectivity index (χ1n) is 4.26. The fourth-order valence-corrected chi connectivity index (χ4v) is 1.29. The van der Waals surface area contributed by atoms with Gasteiger partial charge in [0.05, 0.1) is 6.04 Å². The summed E-state index contributed by atoms with van der Waals surface area (Å²) < 4.78 is 12.9. The molecule has 14 heavy (non-hydrogen) atoms. The molecular formula is C11H11ClFN. The Kier molecular flexibility index (Phi) is 3.94. The fourth-order valence-electron chi connectivity index (χ4n) is 1.04. The van der Waals surface area contributed by atoms with Gasteiger partial charge in [-0.05, 0) is 30.7 Å². The van der Waals surface area contributed by atoms with E-state index in [0.29, 0.717) is 11.6 Å². The van der Waals surface area contributed by atoms with E-state index in [0.717, 1.165) is 5.56 Å². The van der Waals surface area contributed by atoms with Gasteiger partial charge in [-0.15, -0.1) is 6.42 Å². The van der Waals surface area contributed by atoms with E-state index in [1.54, 1.807) is 6.07 Å². The normalized spacial score (nSPS) is 12.1. The summed E-state index contributed by atoms with van der Waals surface area (Å²) in [4.78, 5) is 0. The molecule has 74 valence electrons. The van der Waals surface area contributed by atoms with E-state index in [4.69, 9.17) is 18.0 Å².